The van der Waals surface area contributed by atoms with Gasteiger partial charge in [-0.3, -0.25) is 0 Å². The van der Waals surface area contributed by atoms with Crippen molar-refractivity contribution in [2.45, 2.75) is 33.1 Å². The Kier molecular flexibility index (Phi) is 3.04. The van der Waals surface area contributed by atoms with Crippen LogP contribution in [-0.2, 0) is 0 Å². The third kappa shape index (κ3) is 5.84. The van der Waals surface area contributed by atoms with E-state index in [1.807, 2.05) is 27.2 Å². The summed E-state index contributed by atoms with van der Waals surface area (Å²) in [6.07, 6.45) is 6.75. The maximum absolute atomic E-state index is 12.3. The van der Waals surface area contributed by atoms with Crippen molar-refractivity contribution in [2.75, 3.05) is 0 Å². The number of hydrogen-bond donors (Lipinski definition) is 0. The molecule has 0 aliphatic carbocycles. The van der Waals surface area contributed by atoms with Gasteiger partial charge in [-0.25, -0.2) is 0 Å². The average Bonchev–Trinajstić information content (AvgIpc) is 1.83. The molecule has 2 radical (unpaired) electrons. The highest BCUT2D eigenvalue weighted by Gasteiger charge is 2.28. The van der Waals surface area contributed by atoms with E-state index >= 15 is 0 Å². The van der Waals surface area contributed by atoms with E-state index in [2.05, 4.69) is 6.42 Å². The lowest BCUT2D eigenvalue weighted by molar-refractivity contribution is 0.0927. The maximum Gasteiger partial charge on any atom is 0.315 e. The second-order valence-electron chi connectivity index (χ2n) is 3.63. The van der Waals surface area contributed by atoms with Crippen LogP contribution in [0.5, 0.6) is 0 Å². The van der Waals surface area contributed by atoms with E-state index in [0.717, 1.165) is 0 Å². The molecule has 2 heteroatoms. The van der Waals surface area contributed by atoms with Crippen LogP contribution < -0.4 is 0 Å². The van der Waals surface area contributed by atoms with Crippen molar-refractivity contribution in [3.63, 3.8) is 0 Å². The number of hydrogen-bond acceptors (Lipinski definition) is 0. The number of rotatable bonds is 2. The summed E-state index contributed by atoms with van der Waals surface area (Å²) >= 11 is 0. The summed E-state index contributed by atoms with van der Waals surface area (Å²) in [5, 5.41) is 0. The molecule has 0 nitrogen and oxygen atoms in total. The first-order valence-electron chi connectivity index (χ1n) is 3.37. The van der Waals surface area contributed by atoms with Crippen LogP contribution in [0.4, 0.5) is 8.78 Å². The van der Waals surface area contributed by atoms with E-state index in [4.69, 9.17) is 0 Å². The molecule has 0 rings (SSSR count). The topological polar surface area (TPSA) is 0 Å². The number of halogens is 2. The van der Waals surface area contributed by atoms with Crippen LogP contribution in [0.15, 0.2) is 0 Å². The molecule has 0 aromatic heterocycles. The van der Waals surface area contributed by atoms with Gasteiger partial charge in [0, 0.05) is 0 Å². The first-order valence-corrected chi connectivity index (χ1v) is 3.37. The molecule has 0 heterocycles. The Hall–Kier alpha value is -0.580. The summed E-state index contributed by atoms with van der Waals surface area (Å²) in [5.41, 5.74) is -0.180. The average molecular weight is 158 g/mol. The lowest BCUT2D eigenvalue weighted by Crippen LogP contribution is -2.17. The highest BCUT2D eigenvalue weighted by Crippen LogP contribution is 2.27. The molecule has 62 valence electrons. The molecule has 0 spiro atoms. The standard InChI is InChI=1S/C9H12F2/c1-5-9(10,11)7-6-8(2,3)4/h1H,6H2,2-4H3. The Balaban J connectivity index is 3.83. The van der Waals surface area contributed by atoms with E-state index in [-0.39, 0.29) is 11.8 Å². The van der Waals surface area contributed by atoms with Crippen molar-refractivity contribution in [3.05, 3.63) is 6.42 Å². The first kappa shape index (κ1) is 10.4. The van der Waals surface area contributed by atoms with E-state index in [1.54, 1.807) is 0 Å². The van der Waals surface area contributed by atoms with Crippen LogP contribution in [-0.4, -0.2) is 5.92 Å². The molecule has 0 aliphatic rings. The molecule has 0 aromatic carbocycles. The van der Waals surface area contributed by atoms with Gasteiger partial charge in [-0.15, -0.1) is 6.42 Å². The zero-order valence-electron chi connectivity index (χ0n) is 7.04. The van der Waals surface area contributed by atoms with Crippen molar-refractivity contribution in [3.8, 4) is 12.3 Å². The minimum absolute atomic E-state index is 0.180. The van der Waals surface area contributed by atoms with Gasteiger partial charge in [0.15, 0.2) is 0 Å². The molecular formula is C9H12F2. The van der Waals surface area contributed by atoms with Gasteiger partial charge in [0.2, 0.25) is 0 Å². The maximum atomic E-state index is 12.3. The summed E-state index contributed by atoms with van der Waals surface area (Å²) in [4.78, 5) is 0. The molecule has 0 saturated carbocycles. The predicted molar refractivity (Wildman–Crippen MR) is 41.1 cm³/mol. The lowest BCUT2D eigenvalue weighted by Gasteiger charge is -2.18. The molecule has 0 unspecified atom stereocenters. The zero-order valence-corrected chi connectivity index (χ0v) is 7.04. The largest absolute Gasteiger partial charge is 0.315 e. The Bertz CT molecular complexity index is 157. The van der Waals surface area contributed by atoms with Crippen molar-refractivity contribution in [1.82, 2.24) is 0 Å². The molecule has 0 saturated heterocycles. The first-order chi connectivity index (χ1) is 4.77. The molecule has 0 atom stereocenters. The second-order valence-corrected chi connectivity index (χ2v) is 3.63. The zero-order chi connectivity index (χ0) is 9.12. The molecular weight excluding hydrogens is 146 g/mol. The van der Waals surface area contributed by atoms with Gasteiger partial charge in [0.1, 0.15) is 0 Å². The molecule has 0 bridgehead atoms. The molecule has 11 heavy (non-hydrogen) atoms. The number of alkyl halides is 2. The van der Waals surface area contributed by atoms with Gasteiger partial charge >= 0.3 is 5.92 Å². The Morgan fingerprint density at radius 3 is 2.00 bits per heavy atom. The number of terminal acetylenes is 1. The second kappa shape index (κ2) is 3.21. The summed E-state index contributed by atoms with van der Waals surface area (Å²) in [7, 11) is 0. The van der Waals surface area contributed by atoms with E-state index in [1.165, 1.54) is 5.92 Å². The fourth-order valence-corrected chi connectivity index (χ4v) is 0.427. The summed E-state index contributed by atoms with van der Waals surface area (Å²) in [5.74, 6) is -1.80. The lowest BCUT2D eigenvalue weighted by atomic mass is 9.89. The van der Waals surface area contributed by atoms with Crippen LogP contribution in [0.25, 0.3) is 0 Å². The van der Waals surface area contributed by atoms with Crippen molar-refractivity contribution < 1.29 is 8.78 Å². The minimum Gasteiger partial charge on any atom is -0.191 e. The molecule has 0 aliphatic heterocycles. The Morgan fingerprint density at radius 2 is 1.73 bits per heavy atom. The Labute approximate surface area is 67.0 Å². The highest BCUT2D eigenvalue weighted by molar-refractivity contribution is 5.09. The quantitative estimate of drug-likeness (QED) is 0.542. The normalized spacial score (nSPS) is 12.7. The summed E-state index contributed by atoms with van der Waals surface area (Å²) in [6, 6.07) is 0. The summed E-state index contributed by atoms with van der Waals surface area (Å²) < 4.78 is 24.7. The van der Waals surface area contributed by atoms with Crippen molar-refractivity contribution in [2.24, 2.45) is 5.41 Å². The van der Waals surface area contributed by atoms with Crippen LogP contribution in [0, 0.1) is 24.2 Å². The smallest absolute Gasteiger partial charge is 0.191 e. The third-order valence-electron chi connectivity index (χ3n) is 1.02. The van der Waals surface area contributed by atoms with E-state index in [9.17, 15) is 8.78 Å². The monoisotopic (exact) mass is 158 g/mol. The van der Waals surface area contributed by atoms with Crippen molar-refractivity contribution >= 4 is 0 Å². The fraction of sp³-hybridized carbons (Fsp3) is 0.667. The van der Waals surface area contributed by atoms with Crippen molar-refractivity contribution in [1.29, 1.82) is 0 Å². The SMILES string of the molecule is C#CC(F)(F)[C]CC(C)(C)C. The van der Waals surface area contributed by atoms with Gasteiger partial charge in [-0.2, -0.15) is 8.78 Å². The molecule has 0 N–H and O–H groups in total. The highest BCUT2D eigenvalue weighted by atomic mass is 19.3. The van der Waals surface area contributed by atoms with Gasteiger partial charge in [0.25, 0.3) is 0 Å². The van der Waals surface area contributed by atoms with E-state index < -0.39 is 5.92 Å². The van der Waals surface area contributed by atoms with Gasteiger partial charge in [0.05, 0.1) is 6.42 Å². The van der Waals surface area contributed by atoms with Crippen LogP contribution >= 0.6 is 0 Å². The van der Waals surface area contributed by atoms with Gasteiger partial charge in [-0.1, -0.05) is 20.8 Å². The van der Waals surface area contributed by atoms with Gasteiger partial charge < -0.3 is 0 Å². The van der Waals surface area contributed by atoms with E-state index in [0.29, 0.717) is 0 Å². The van der Waals surface area contributed by atoms with Crippen LogP contribution in [0.1, 0.15) is 27.2 Å². The third-order valence-corrected chi connectivity index (χ3v) is 1.02. The minimum atomic E-state index is -3.17. The molecule has 0 amide bonds. The van der Waals surface area contributed by atoms with Crippen LogP contribution in [0.2, 0.25) is 0 Å². The predicted octanol–water partition coefficient (Wildman–Crippen LogP) is 2.77. The summed E-state index contributed by atoms with van der Waals surface area (Å²) in [6.45, 7) is 5.56. The Morgan fingerprint density at radius 1 is 1.27 bits per heavy atom. The molecule has 0 fully saturated rings. The fourth-order valence-electron chi connectivity index (χ4n) is 0.427. The van der Waals surface area contributed by atoms with Crippen LogP contribution in [0.3, 0.4) is 0 Å². The molecule has 0 aromatic rings. The van der Waals surface area contributed by atoms with Gasteiger partial charge in [-0.05, 0) is 17.8 Å².